The second-order valence-corrected chi connectivity index (χ2v) is 5.47. The van der Waals surface area contributed by atoms with Crippen LogP contribution in [0.2, 0.25) is 0 Å². The smallest absolute Gasteiger partial charge is 0.308 e. The van der Waals surface area contributed by atoms with Gasteiger partial charge in [0, 0.05) is 30.9 Å². The van der Waals surface area contributed by atoms with Gasteiger partial charge in [-0.25, -0.2) is 4.99 Å². The number of carbonyl (C=O) groups is 1. The molecule has 1 aliphatic rings. The fourth-order valence-corrected chi connectivity index (χ4v) is 2.61. The molecule has 122 valence electrons. The molecule has 0 atom stereocenters. The lowest BCUT2D eigenvalue weighted by Crippen LogP contribution is -2.46. The van der Waals surface area contributed by atoms with Gasteiger partial charge in [0.05, 0.1) is 25.8 Å². The Bertz CT molecular complexity index is 518. The van der Waals surface area contributed by atoms with Crippen molar-refractivity contribution >= 4 is 11.9 Å². The highest BCUT2D eigenvalue weighted by Crippen LogP contribution is 2.18. The van der Waals surface area contributed by atoms with Crippen molar-refractivity contribution in [3.05, 3.63) is 17.5 Å². The van der Waals surface area contributed by atoms with Crippen molar-refractivity contribution in [1.29, 1.82) is 0 Å². The highest BCUT2D eigenvalue weighted by atomic mass is 16.5. The van der Waals surface area contributed by atoms with Crippen molar-refractivity contribution in [2.75, 3.05) is 26.7 Å². The summed E-state index contributed by atoms with van der Waals surface area (Å²) in [6, 6.07) is 0. The Morgan fingerprint density at radius 3 is 2.82 bits per heavy atom. The van der Waals surface area contributed by atoms with Gasteiger partial charge in [0.25, 0.3) is 0 Å². The molecule has 0 unspecified atom stereocenters. The van der Waals surface area contributed by atoms with E-state index in [-0.39, 0.29) is 11.9 Å². The number of hydrogen-bond acceptors (Lipinski definition) is 4. The molecule has 1 aliphatic heterocycles. The summed E-state index contributed by atoms with van der Waals surface area (Å²) in [5, 5.41) is 10.3. The minimum Gasteiger partial charge on any atom is -0.469 e. The van der Waals surface area contributed by atoms with Crippen molar-refractivity contribution in [2.45, 2.75) is 33.2 Å². The first-order chi connectivity index (χ1) is 10.7. The summed E-state index contributed by atoms with van der Waals surface area (Å²) in [5.74, 6) is 0.808. The van der Waals surface area contributed by atoms with E-state index in [0.29, 0.717) is 6.54 Å². The zero-order valence-electron chi connectivity index (χ0n) is 13.6. The lowest BCUT2D eigenvalue weighted by molar-refractivity contribution is -0.146. The number of aliphatic imine (C=N–C) groups is 1. The Morgan fingerprint density at radius 2 is 2.27 bits per heavy atom. The Morgan fingerprint density at radius 1 is 1.55 bits per heavy atom. The molecular formula is C15H25N5O2. The molecule has 0 aromatic carbocycles. The van der Waals surface area contributed by atoms with E-state index >= 15 is 0 Å². The zero-order valence-corrected chi connectivity index (χ0v) is 13.6. The third kappa shape index (κ3) is 3.99. The second-order valence-electron chi connectivity index (χ2n) is 5.47. The van der Waals surface area contributed by atoms with Gasteiger partial charge < -0.3 is 15.0 Å². The van der Waals surface area contributed by atoms with E-state index in [1.807, 2.05) is 13.1 Å². The van der Waals surface area contributed by atoms with Crippen molar-refractivity contribution < 1.29 is 9.53 Å². The Kier molecular flexibility index (Phi) is 5.80. The second kappa shape index (κ2) is 7.82. The van der Waals surface area contributed by atoms with Crippen LogP contribution >= 0.6 is 0 Å². The van der Waals surface area contributed by atoms with Gasteiger partial charge in [-0.05, 0) is 26.7 Å². The molecule has 22 heavy (non-hydrogen) atoms. The van der Waals surface area contributed by atoms with Crippen LogP contribution in [0.15, 0.2) is 11.2 Å². The minimum absolute atomic E-state index is 0.0141. The fraction of sp³-hybridized carbons (Fsp3) is 0.667. The van der Waals surface area contributed by atoms with Crippen LogP contribution in [0.5, 0.6) is 0 Å². The number of esters is 1. The number of methoxy groups -OCH3 is 1. The van der Waals surface area contributed by atoms with Crippen LogP contribution in [0.1, 0.15) is 31.0 Å². The molecule has 1 aromatic heterocycles. The summed E-state index contributed by atoms with van der Waals surface area (Å²) in [6.45, 7) is 7.10. The molecule has 7 nitrogen and oxygen atoms in total. The van der Waals surface area contributed by atoms with Crippen LogP contribution in [0.4, 0.5) is 0 Å². The minimum atomic E-state index is -0.101. The number of hydrogen-bond donors (Lipinski definition) is 2. The van der Waals surface area contributed by atoms with Gasteiger partial charge >= 0.3 is 5.97 Å². The average molecular weight is 307 g/mol. The van der Waals surface area contributed by atoms with Gasteiger partial charge in [0.2, 0.25) is 0 Å². The molecule has 2 N–H and O–H groups in total. The molecule has 0 spiro atoms. The number of aromatic amines is 1. The molecule has 2 rings (SSSR count). The van der Waals surface area contributed by atoms with Crippen LogP contribution in [0.3, 0.4) is 0 Å². The highest BCUT2D eigenvalue weighted by Gasteiger charge is 2.26. The van der Waals surface area contributed by atoms with Gasteiger partial charge in [-0.2, -0.15) is 5.10 Å². The van der Waals surface area contributed by atoms with Crippen LogP contribution in [0.25, 0.3) is 0 Å². The summed E-state index contributed by atoms with van der Waals surface area (Å²) >= 11 is 0. The van der Waals surface area contributed by atoms with Gasteiger partial charge in [-0.1, -0.05) is 0 Å². The standard InChI is InChI=1S/C15H25N5O2/c1-4-16-15(17-9-13-10-18-19-11(13)2)20-7-5-12(6-8-20)14(21)22-3/h10,12H,4-9H2,1-3H3,(H,16,17)(H,18,19). The van der Waals surface area contributed by atoms with Gasteiger partial charge in [0.15, 0.2) is 5.96 Å². The maximum absolute atomic E-state index is 11.6. The molecule has 0 bridgehead atoms. The summed E-state index contributed by atoms with van der Waals surface area (Å²) in [6.07, 6.45) is 3.43. The van der Waals surface area contributed by atoms with Gasteiger partial charge in [-0.3, -0.25) is 9.89 Å². The number of guanidine groups is 1. The quantitative estimate of drug-likeness (QED) is 0.494. The first-order valence-corrected chi connectivity index (χ1v) is 7.75. The lowest BCUT2D eigenvalue weighted by Gasteiger charge is -2.33. The predicted octanol–water partition coefficient (Wildman–Crippen LogP) is 1.07. The summed E-state index contributed by atoms with van der Waals surface area (Å²) < 4.78 is 4.83. The molecule has 0 amide bonds. The number of H-pyrrole nitrogens is 1. The average Bonchev–Trinajstić information content (AvgIpc) is 2.96. The Labute approximate surface area is 131 Å². The molecule has 0 aliphatic carbocycles. The molecule has 1 fully saturated rings. The Hall–Kier alpha value is -2.05. The van der Waals surface area contributed by atoms with Crippen molar-refractivity contribution in [3.8, 4) is 0 Å². The third-order valence-electron chi connectivity index (χ3n) is 4.00. The molecule has 1 saturated heterocycles. The van der Waals surface area contributed by atoms with Crippen LogP contribution in [-0.2, 0) is 16.1 Å². The van der Waals surface area contributed by atoms with Crippen molar-refractivity contribution in [1.82, 2.24) is 20.4 Å². The van der Waals surface area contributed by atoms with Crippen molar-refractivity contribution in [3.63, 3.8) is 0 Å². The Balaban J connectivity index is 1.97. The van der Waals surface area contributed by atoms with E-state index < -0.39 is 0 Å². The molecule has 7 heteroatoms. The number of ether oxygens (including phenoxy) is 1. The van der Waals surface area contributed by atoms with E-state index in [1.165, 1.54) is 7.11 Å². The number of aryl methyl sites for hydroxylation is 1. The lowest BCUT2D eigenvalue weighted by atomic mass is 9.97. The summed E-state index contributed by atoms with van der Waals surface area (Å²) in [4.78, 5) is 18.5. The first-order valence-electron chi connectivity index (χ1n) is 7.75. The van der Waals surface area contributed by atoms with Crippen LogP contribution < -0.4 is 5.32 Å². The largest absolute Gasteiger partial charge is 0.469 e. The molecule has 0 saturated carbocycles. The predicted molar refractivity (Wildman–Crippen MR) is 84.5 cm³/mol. The van der Waals surface area contributed by atoms with Crippen LogP contribution in [-0.4, -0.2) is 53.8 Å². The normalized spacial score (nSPS) is 16.7. The van der Waals surface area contributed by atoms with Crippen LogP contribution in [0, 0.1) is 12.8 Å². The van der Waals surface area contributed by atoms with E-state index in [1.54, 1.807) is 0 Å². The number of nitrogens with zero attached hydrogens (tertiary/aromatic N) is 3. The number of aromatic nitrogens is 2. The number of rotatable bonds is 4. The van der Waals surface area contributed by atoms with Crippen molar-refractivity contribution in [2.24, 2.45) is 10.9 Å². The summed E-state index contributed by atoms with van der Waals surface area (Å²) in [5.41, 5.74) is 2.14. The number of likely N-dealkylation sites (tertiary alicyclic amines) is 1. The van der Waals surface area contributed by atoms with Gasteiger partial charge in [-0.15, -0.1) is 0 Å². The third-order valence-corrected chi connectivity index (χ3v) is 4.00. The molecule has 2 heterocycles. The SMILES string of the molecule is CCNC(=NCc1cn[nH]c1C)N1CCC(C(=O)OC)CC1. The number of carbonyl (C=O) groups excluding carboxylic acids is 1. The number of piperidine rings is 1. The topological polar surface area (TPSA) is 82.6 Å². The first kappa shape index (κ1) is 16.3. The summed E-state index contributed by atoms with van der Waals surface area (Å²) in [7, 11) is 1.45. The monoisotopic (exact) mass is 307 g/mol. The maximum Gasteiger partial charge on any atom is 0.308 e. The molecular weight excluding hydrogens is 282 g/mol. The number of nitrogens with one attached hydrogen (secondary N) is 2. The molecule has 0 radical (unpaired) electrons. The fourth-order valence-electron chi connectivity index (χ4n) is 2.61. The van der Waals surface area contributed by atoms with Gasteiger partial charge in [0.1, 0.15) is 0 Å². The van der Waals surface area contributed by atoms with E-state index in [2.05, 4.69) is 32.3 Å². The van der Waals surface area contributed by atoms with E-state index in [0.717, 1.165) is 49.7 Å². The highest BCUT2D eigenvalue weighted by molar-refractivity contribution is 5.80. The van der Waals surface area contributed by atoms with E-state index in [9.17, 15) is 4.79 Å². The molecule has 1 aromatic rings. The maximum atomic E-state index is 11.6. The zero-order chi connectivity index (χ0) is 15.9. The van der Waals surface area contributed by atoms with E-state index in [4.69, 9.17) is 4.74 Å².